The number of amides is 1. The molecule has 0 spiro atoms. The maximum absolute atomic E-state index is 12.7. The average Bonchev–Trinajstić information content (AvgIpc) is 3.28. The van der Waals surface area contributed by atoms with Crippen molar-refractivity contribution in [2.75, 3.05) is 0 Å². The van der Waals surface area contributed by atoms with Crippen LogP contribution in [-0.4, -0.2) is 43.7 Å². The molecule has 0 saturated carbocycles. The van der Waals surface area contributed by atoms with Gasteiger partial charge in [-0.3, -0.25) is 20.1 Å². The lowest BCUT2D eigenvalue weighted by molar-refractivity contribution is -0.158. The van der Waals surface area contributed by atoms with Crippen LogP contribution in [0.5, 0.6) is 0 Å². The van der Waals surface area contributed by atoms with Crippen LogP contribution in [0.1, 0.15) is 64.8 Å². The Bertz CT molecular complexity index is 1170. The first-order valence-electron chi connectivity index (χ1n) is 12.3. The normalized spacial score (nSPS) is 13.5. The molecule has 0 fully saturated rings. The number of hydrogen-bond donors (Lipinski definition) is 3. The van der Waals surface area contributed by atoms with Gasteiger partial charge >= 0.3 is 5.97 Å². The second-order valence-electron chi connectivity index (χ2n) is 10.6. The number of nitrogens with zero attached hydrogens (tertiary/aromatic N) is 3. The first-order valence-corrected chi connectivity index (χ1v) is 12.3. The Morgan fingerprint density at radius 2 is 1.83 bits per heavy atom. The number of carbonyl (C=O) groups is 2. The molecule has 9 nitrogen and oxygen atoms in total. The first kappa shape index (κ1) is 27.3. The van der Waals surface area contributed by atoms with E-state index in [4.69, 9.17) is 9.94 Å². The molecular weight excluding hydrogens is 458 g/mol. The van der Waals surface area contributed by atoms with Crippen molar-refractivity contribution in [1.82, 2.24) is 25.8 Å². The van der Waals surface area contributed by atoms with E-state index in [-0.39, 0.29) is 18.4 Å². The Balaban J connectivity index is 1.73. The molecule has 0 unspecified atom stereocenters. The Labute approximate surface area is 212 Å². The van der Waals surface area contributed by atoms with Crippen molar-refractivity contribution in [3.8, 4) is 0 Å². The molecule has 0 aliphatic rings. The van der Waals surface area contributed by atoms with Crippen LogP contribution in [0, 0.1) is 5.92 Å². The fourth-order valence-corrected chi connectivity index (χ4v) is 4.06. The number of carbonyl (C=O) groups excluding carboxylic acids is 2. The van der Waals surface area contributed by atoms with Crippen LogP contribution in [0.2, 0.25) is 0 Å². The van der Waals surface area contributed by atoms with Crippen LogP contribution in [0.25, 0.3) is 10.8 Å². The molecule has 3 rings (SSSR count). The maximum Gasteiger partial charge on any atom is 0.323 e. The topological polar surface area (TPSA) is 118 Å². The minimum absolute atomic E-state index is 0.0352. The highest BCUT2D eigenvalue weighted by molar-refractivity contribution is 5.83. The Hall–Kier alpha value is -3.30. The zero-order valence-electron chi connectivity index (χ0n) is 21.7. The lowest BCUT2D eigenvalue weighted by Crippen LogP contribution is -2.41. The largest absolute Gasteiger partial charge is 0.459 e. The number of hydroxylamine groups is 1. The van der Waals surface area contributed by atoms with E-state index in [0.29, 0.717) is 31.0 Å². The third kappa shape index (κ3) is 8.13. The van der Waals surface area contributed by atoms with Gasteiger partial charge in [-0.15, -0.1) is 5.10 Å². The van der Waals surface area contributed by atoms with Crippen molar-refractivity contribution >= 4 is 22.6 Å². The number of ether oxygens (including phenoxy) is 1. The Morgan fingerprint density at radius 3 is 2.50 bits per heavy atom. The van der Waals surface area contributed by atoms with Gasteiger partial charge in [0.2, 0.25) is 5.91 Å². The monoisotopic (exact) mass is 495 g/mol. The molecule has 1 heterocycles. The van der Waals surface area contributed by atoms with E-state index in [0.717, 1.165) is 16.3 Å². The van der Waals surface area contributed by atoms with Gasteiger partial charge in [-0.25, -0.2) is 10.2 Å². The van der Waals surface area contributed by atoms with Crippen LogP contribution in [0.3, 0.4) is 0 Å². The summed E-state index contributed by atoms with van der Waals surface area (Å²) in [6.07, 6.45) is 2.96. The molecular formula is C27H37N5O4. The Kier molecular flexibility index (Phi) is 9.17. The molecule has 9 heteroatoms. The molecule has 1 amide bonds. The molecule has 36 heavy (non-hydrogen) atoms. The van der Waals surface area contributed by atoms with E-state index >= 15 is 0 Å². The van der Waals surface area contributed by atoms with Crippen LogP contribution in [-0.2, 0) is 27.3 Å². The molecule has 0 bridgehead atoms. The minimum atomic E-state index is -0.569. The van der Waals surface area contributed by atoms with Gasteiger partial charge in [-0.1, -0.05) is 61.5 Å². The van der Waals surface area contributed by atoms with Gasteiger partial charge in [0.05, 0.1) is 24.4 Å². The number of nitrogens with one attached hydrogen (secondary N) is 2. The van der Waals surface area contributed by atoms with E-state index in [1.807, 2.05) is 45.0 Å². The van der Waals surface area contributed by atoms with Crippen molar-refractivity contribution in [3.63, 3.8) is 0 Å². The summed E-state index contributed by atoms with van der Waals surface area (Å²) < 4.78 is 7.22. The number of esters is 1. The smallest absolute Gasteiger partial charge is 0.323 e. The van der Waals surface area contributed by atoms with E-state index in [2.05, 4.69) is 47.7 Å². The molecule has 194 valence electrons. The summed E-state index contributed by atoms with van der Waals surface area (Å²) in [5.74, 6) is -0.496. The van der Waals surface area contributed by atoms with Crippen molar-refractivity contribution in [2.45, 2.75) is 78.1 Å². The number of aromatic nitrogens is 3. The third-order valence-corrected chi connectivity index (χ3v) is 5.69. The minimum Gasteiger partial charge on any atom is -0.459 e. The number of fused-ring (bicyclic) bond motifs is 1. The number of rotatable bonds is 11. The lowest BCUT2D eigenvalue weighted by Gasteiger charge is -2.25. The molecule has 0 saturated heterocycles. The maximum atomic E-state index is 12.7. The van der Waals surface area contributed by atoms with Gasteiger partial charge in [-0.05, 0) is 55.9 Å². The van der Waals surface area contributed by atoms with Gasteiger partial charge in [-0.2, -0.15) is 0 Å². The second kappa shape index (κ2) is 12.1. The molecule has 0 aliphatic heterocycles. The van der Waals surface area contributed by atoms with Crippen molar-refractivity contribution < 1.29 is 19.5 Å². The van der Waals surface area contributed by atoms with E-state index in [1.165, 1.54) is 0 Å². The highest BCUT2D eigenvalue weighted by Crippen LogP contribution is 2.22. The highest BCUT2D eigenvalue weighted by Gasteiger charge is 2.26. The predicted octanol–water partition coefficient (Wildman–Crippen LogP) is 3.96. The summed E-state index contributed by atoms with van der Waals surface area (Å²) in [6, 6.07) is 13.4. The molecule has 2 aromatic carbocycles. The van der Waals surface area contributed by atoms with Crippen molar-refractivity contribution in [2.24, 2.45) is 5.92 Å². The molecule has 3 aromatic rings. The lowest BCUT2D eigenvalue weighted by atomic mass is 10.00. The van der Waals surface area contributed by atoms with Crippen LogP contribution >= 0.6 is 0 Å². The molecule has 1 aromatic heterocycles. The third-order valence-electron chi connectivity index (χ3n) is 5.69. The summed E-state index contributed by atoms with van der Waals surface area (Å²) >= 11 is 0. The summed E-state index contributed by atoms with van der Waals surface area (Å²) in [7, 11) is 0. The quantitative estimate of drug-likeness (QED) is 0.209. The van der Waals surface area contributed by atoms with Crippen molar-refractivity contribution in [3.05, 3.63) is 59.9 Å². The standard InChI is InChI=1S/C27H37N5O4/c1-18(2)12-24(26(34)36-27(3,4)5)28-16-22-17-32(31-29-22)23(15-25(33)30-35)14-19-10-11-20-8-6-7-9-21(20)13-19/h6-11,13,17-18,23-24,28,35H,12,14-16H2,1-5H3,(H,30,33)/t23-,24+/m1/s1. The summed E-state index contributed by atoms with van der Waals surface area (Å²) in [5, 5.41) is 23.1. The van der Waals surface area contributed by atoms with Crippen LogP contribution in [0.4, 0.5) is 0 Å². The fraction of sp³-hybridized carbons (Fsp3) is 0.481. The molecule has 0 radical (unpaired) electrons. The van der Waals surface area contributed by atoms with Gasteiger partial charge in [0.25, 0.3) is 0 Å². The van der Waals surface area contributed by atoms with Crippen molar-refractivity contribution in [1.29, 1.82) is 0 Å². The average molecular weight is 496 g/mol. The van der Waals surface area contributed by atoms with E-state index in [1.54, 1.807) is 16.4 Å². The zero-order chi connectivity index (χ0) is 26.3. The molecule has 2 atom stereocenters. The van der Waals surface area contributed by atoms with Gasteiger partial charge < -0.3 is 4.74 Å². The zero-order valence-corrected chi connectivity index (χ0v) is 21.7. The number of hydrogen-bond acceptors (Lipinski definition) is 7. The summed E-state index contributed by atoms with van der Waals surface area (Å²) in [4.78, 5) is 24.7. The summed E-state index contributed by atoms with van der Waals surface area (Å²) in [5.41, 5.74) is 2.83. The number of benzene rings is 2. The fourth-order valence-electron chi connectivity index (χ4n) is 4.06. The summed E-state index contributed by atoms with van der Waals surface area (Å²) in [6.45, 7) is 9.98. The van der Waals surface area contributed by atoms with E-state index in [9.17, 15) is 9.59 Å². The highest BCUT2D eigenvalue weighted by atomic mass is 16.6. The van der Waals surface area contributed by atoms with Crippen LogP contribution < -0.4 is 10.8 Å². The van der Waals surface area contributed by atoms with Gasteiger partial charge in [0.15, 0.2) is 0 Å². The van der Waals surface area contributed by atoms with Gasteiger partial charge in [0, 0.05) is 6.54 Å². The Morgan fingerprint density at radius 1 is 1.11 bits per heavy atom. The van der Waals surface area contributed by atoms with Gasteiger partial charge in [0.1, 0.15) is 11.6 Å². The predicted molar refractivity (Wildman–Crippen MR) is 137 cm³/mol. The first-order chi connectivity index (χ1) is 17.0. The molecule has 3 N–H and O–H groups in total. The second-order valence-corrected chi connectivity index (χ2v) is 10.6. The molecule has 0 aliphatic carbocycles. The SMILES string of the molecule is CC(C)C[C@H](NCc1cn([C@@H](CC(=O)NO)Cc2ccc3ccccc3c2)nn1)C(=O)OC(C)(C)C. The van der Waals surface area contributed by atoms with E-state index < -0.39 is 17.6 Å². The van der Waals surface area contributed by atoms with Crippen LogP contribution in [0.15, 0.2) is 48.7 Å².